The van der Waals surface area contributed by atoms with E-state index in [9.17, 15) is 0 Å². The van der Waals surface area contributed by atoms with Crippen molar-refractivity contribution in [3.05, 3.63) is 34.0 Å². The molecule has 2 aromatic heterocycles. The molecule has 0 saturated heterocycles. The van der Waals surface area contributed by atoms with Crippen LogP contribution < -0.4 is 5.73 Å². The molecular weight excluding hydrogens is 290 g/mol. The van der Waals surface area contributed by atoms with Gasteiger partial charge in [0.2, 0.25) is 0 Å². The summed E-state index contributed by atoms with van der Waals surface area (Å²) in [6, 6.07) is 0. The van der Waals surface area contributed by atoms with Crippen molar-refractivity contribution in [3.63, 3.8) is 0 Å². The minimum Gasteiger partial charge on any atom is -0.382 e. The maximum Gasteiger partial charge on any atom is 0.144 e. The zero-order chi connectivity index (χ0) is 14.4. The van der Waals surface area contributed by atoms with Gasteiger partial charge in [-0.15, -0.1) is 12.4 Å². The van der Waals surface area contributed by atoms with Crippen molar-refractivity contribution in [2.75, 3.05) is 0 Å². The summed E-state index contributed by atoms with van der Waals surface area (Å²) in [5.74, 6) is 1.40. The minimum absolute atomic E-state index is 0. The van der Waals surface area contributed by atoms with Gasteiger partial charge in [0.15, 0.2) is 0 Å². The fourth-order valence-corrected chi connectivity index (χ4v) is 2.69. The maximum atomic E-state index is 7.65. The van der Waals surface area contributed by atoms with Gasteiger partial charge in [0.05, 0.1) is 12.2 Å². The number of aryl methyl sites for hydroxylation is 2. The normalized spacial score (nSPS) is 14.0. The third-order valence-electron chi connectivity index (χ3n) is 3.95. The van der Waals surface area contributed by atoms with E-state index in [1.54, 1.807) is 0 Å². The molecule has 2 aromatic rings. The summed E-state index contributed by atoms with van der Waals surface area (Å²) in [6.07, 6.45) is 2.37. The third kappa shape index (κ3) is 2.68. The zero-order valence-electron chi connectivity index (χ0n) is 12.4. The molecule has 1 fully saturated rings. The molecule has 114 valence electrons. The summed E-state index contributed by atoms with van der Waals surface area (Å²) < 4.78 is 7.18. The van der Waals surface area contributed by atoms with E-state index < -0.39 is 0 Å². The van der Waals surface area contributed by atoms with E-state index in [2.05, 4.69) is 10.3 Å². The van der Waals surface area contributed by atoms with Gasteiger partial charge >= 0.3 is 0 Å². The second-order valence-corrected chi connectivity index (χ2v) is 5.51. The summed E-state index contributed by atoms with van der Waals surface area (Å²) in [4.78, 5) is 0. The van der Waals surface area contributed by atoms with Crippen LogP contribution in [0.3, 0.4) is 0 Å². The average molecular weight is 310 g/mol. The van der Waals surface area contributed by atoms with Gasteiger partial charge in [-0.3, -0.25) is 10.1 Å². The molecule has 1 aliphatic rings. The van der Waals surface area contributed by atoms with E-state index in [-0.39, 0.29) is 18.2 Å². The summed E-state index contributed by atoms with van der Waals surface area (Å²) >= 11 is 0. The second-order valence-electron chi connectivity index (χ2n) is 5.51. The molecule has 0 spiro atoms. The van der Waals surface area contributed by atoms with Crippen LogP contribution >= 0.6 is 12.4 Å². The molecule has 0 unspecified atom stereocenters. The fraction of sp³-hybridized carbons (Fsp3) is 0.500. The first kappa shape index (κ1) is 15.6. The first-order chi connectivity index (χ1) is 9.49. The van der Waals surface area contributed by atoms with Gasteiger partial charge in [-0.1, -0.05) is 5.16 Å². The monoisotopic (exact) mass is 309 g/mol. The molecule has 0 atom stereocenters. The lowest BCUT2D eigenvalue weighted by molar-refractivity contribution is 0.391. The topological polar surface area (TPSA) is 93.7 Å². The molecule has 1 saturated carbocycles. The van der Waals surface area contributed by atoms with Crippen molar-refractivity contribution < 1.29 is 4.52 Å². The summed E-state index contributed by atoms with van der Waals surface area (Å²) in [5.41, 5.74) is 10.4. The first-order valence-electron chi connectivity index (χ1n) is 6.82. The van der Waals surface area contributed by atoms with Gasteiger partial charge in [0.1, 0.15) is 17.3 Å². The van der Waals surface area contributed by atoms with Crippen LogP contribution in [0.25, 0.3) is 0 Å². The van der Waals surface area contributed by atoms with Crippen LogP contribution in [0.4, 0.5) is 0 Å². The third-order valence-corrected chi connectivity index (χ3v) is 3.95. The lowest BCUT2D eigenvalue weighted by atomic mass is 10.1. The predicted octanol–water partition coefficient (Wildman–Crippen LogP) is 2.43. The van der Waals surface area contributed by atoms with Crippen LogP contribution in [0.2, 0.25) is 0 Å². The Kier molecular flexibility index (Phi) is 4.09. The molecular formula is C14H20ClN5O. The van der Waals surface area contributed by atoms with E-state index in [1.165, 1.54) is 18.5 Å². The Morgan fingerprint density at radius 3 is 2.52 bits per heavy atom. The van der Waals surface area contributed by atoms with Crippen molar-refractivity contribution in [2.45, 2.75) is 46.1 Å². The van der Waals surface area contributed by atoms with Crippen LogP contribution in [-0.2, 0) is 6.54 Å². The molecule has 7 heteroatoms. The molecule has 3 rings (SSSR count). The highest BCUT2D eigenvalue weighted by molar-refractivity contribution is 5.94. The molecule has 0 bridgehead atoms. The van der Waals surface area contributed by atoms with Gasteiger partial charge in [-0.05, 0) is 33.6 Å². The van der Waals surface area contributed by atoms with Crippen LogP contribution in [0, 0.1) is 26.2 Å². The molecule has 1 aliphatic carbocycles. The standard InChI is InChI=1S/C14H19N5O.ClH/c1-7-12(14(15)16)17-19(13(7)10-4-5-10)6-11-8(2)18-20-9(11)3;/h10H,4-6H2,1-3H3,(H3,15,16);1H. The van der Waals surface area contributed by atoms with Crippen molar-refractivity contribution in [1.82, 2.24) is 14.9 Å². The largest absolute Gasteiger partial charge is 0.382 e. The summed E-state index contributed by atoms with van der Waals surface area (Å²) in [5, 5.41) is 16.2. The summed E-state index contributed by atoms with van der Waals surface area (Å²) in [7, 11) is 0. The van der Waals surface area contributed by atoms with E-state index in [0.29, 0.717) is 18.2 Å². The van der Waals surface area contributed by atoms with Crippen molar-refractivity contribution in [2.24, 2.45) is 5.73 Å². The number of nitrogen functional groups attached to an aromatic ring is 1. The minimum atomic E-state index is 0. The van der Waals surface area contributed by atoms with Crippen molar-refractivity contribution in [1.29, 1.82) is 5.41 Å². The summed E-state index contributed by atoms with van der Waals surface area (Å²) in [6.45, 7) is 6.47. The van der Waals surface area contributed by atoms with Crippen molar-refractivity contribution in [3.8, 4) is 0 Å². The highest BCUT2D eigenvalue weighted by Gasteiger charge is 2.31. The molecule has 0 aliphatic heterocycles. The van der Waals surface area contributed by atoms with Crippen LogP contribution in [0.5, 0.6) is 0 Å². The highest BCUT2D eigenvalue weighted by Crippen LogP contribution is 2.42. The van der Waals surface area contributed by atoms with Crippen molar-refractivity contribution >= 4 is 18.2 Å². The Balaban J connectivity index is 0.00000161. The van der Waals surface area contributed by atoms with Gasteiger partial charge in [-0.2, -0.15) is 5.10 Å². The van der Waals surface area contributed by atoms with Gasteiger partial charge < -0.3 is 10.3 Å². The number of halogens is 1. The van der Waals surface area contributed by atoms with E-state index in [1.807, 2.05) is 25.5 Å². The van der Waals surface area contributed by atoms with Crippen LogP contribution in [0.15, 0.2) is 4.52 Å². The maximum absolute atomic E-state index is 7.65. The fourth-order valence-electron chi connectivity index (χ4n) is 2.69. The lowest BCUT2D eigenvalue weighted by Gasteiger charge is -2.07. The number of nitrogens with one attached hydrogen (secondary N) is 1. The lowest BCUT2D eigenvalue weighted by Crippen LogP contribution is -2.14. The molecule has 0 amide bonds. The molecule has 21 heavy (non-hydrogen) atoms. The van der Waals surface area contributed by atoms with E-state index >= 15 is 0 Å². The smallest absolute Gasteiger partial charge is 0.144 e. The van der Waals surface area contributed by atoms with Gasteiger partial charge in [0.25, 0.3) is 0 Å². The highest BCUT2D eigenvalue weighted by atomic mass is 35.5. The average Bonchev–Trinajstić information content (AvgIpc) is 3.10. The number of nitrogens with two attached hydrogens (primary N) is 1. The molecule has 6 nitrogen and oxygen atoms in total. The predicted molar refractivity (Wildman–Crippen MR) is 82.3 cm³/mol. The Morgan fingerprint density at radius 1 is 1.38 bits per heavy atom. The molecule has 0 aromatic carbocycles. The first-order valence-corrected chi connectivity index (χ1v) is 6.82. The van der Waals surface area contributed by atoms with Crippen LogP contribution in [0.1, 0.15) is 52.7 Å². The molecule has 0 radical (unpaired) electrons. The number of amidine groups is 1. The number of hydrogen-bond donors (Lipinski definition) is 2. The number of hydrogen-bond acceptors (Lipinski definition) is 4. The Morgan fingerprint density at radius 2 is 2.05 bits per heavy atom. The Labute approximate surface area is 129 Å². The Hall–Kier alpha value is -1.82. The SMILES string of the molecule is Cc1noc(C)c1Cn1nc(C(=N)N)c(C)c1C1CC1.Cl. The van der Waals surface area contributed by atoms with E-state index in [4.69, 9.17) is 15.7 Å². The molecule has 3 N–H and O–H groups in total. The van der Waals surface area contributed by atoms with Crippen LogP contribution in [-0.4, -0.2) is 20.8 Å². The number of nitrogens with zero attached hydrogens (tertiary/aromatic N) is 3. The Bertz CT molecular complexity index is 664. The van der Waals surface area contributed by atoms with Gasteiger partial charge in [-0.25, -0.2) is 0 Å². The van der Waals surface area contributed by atoms with Gasteiger partial charge in [0, 0.05) is 22.7 Å². The quantitative estimate of drug-likeness (QED) is 0.670. The number of rotatable bonds is 4. The molecule has 2 heterocycles. The number of aromatic nitrogens is 3. The zero-order valence-corrected chi connectivity index (χ0v) is 13.3. The second kappa shape index (κ2) is 5.52. The van der Waals surface area contributed by atoms with E-state index in [0.717, 1.165) is 22.6 Å².